The van der Waals surface area contributed by atoms with Gasteiger partial charge < -0.3 is 15.1 Å². The molecule has 0 radical (unpaired) electrons. The van der Waals surface area contributed by atoms with Crippen LogP contribution in [0, 0.1) is 10.1 Å². The van der Waals surface area contributed by atoms with Gasteiger partial charge in [0.15, 0.2) is 5.96 Å². The molecule has 2 fully saturated rings. The van der Waals surface area contributed by atoms with Gasteiger partial charge in [0.25, 0.3) is 5.69 Å². The van der Waals surface area contributed by atoms with Crippen molar-refractivity contribution in [2.24, 2.45) is 4.99 Å². The molecular formula is C20H30N6O3. The molecule has 2 heterocycles. The summed E-state index contributed by atoms with van der Waals surface area (Å²) in [6.07, 6.45) is 3.46. The minimum absolute atomic E-state index is 0.0891. The number of nitro groups is 1. The quantitative estimate of drug-likeness (QED) is 0.345. The van der Waals surface area contributed by atoms with E-state index in [9.17, 15) is 14.9 Å². The third-order valence-electron chi connectivity index (χ3n) is 5.52. The van der Waals surface area contributed by atoms with Crippen LogP contribution in [0.3, 0.4) is 0 Å². The Bertz CT molecular complexity index is 739. The minimum Gasteiger partial charge on any atom is -0.352 e. The summed E-state index contributed by atoms with van der Waals surface area (Å²) < 4.78 is 0. The first-order chi connectivity index (χ1) is 14.1. The molecule has 9 nitrogen and oxygen atoms in total. The highest BCUT2D eigenvalue weighted by atomic mass is 16.6. The van der Waals surface area contributed by atoms with Crippen molar-refractivity contribution in [3.8, 4) is 0 Å². The molecule has 0 spiro atoms. The summed E-state index contributed by atoms with van der Waals surface area (Å²) in [7, 11) is 1.74. The van der Waals surface area contributed by atoms with E-state index in [0.29, 0.717) is 13.1 Å². The Morgan fingerprint density at radius 2 is 1.83 bits per heavy atom. The normalized spacial score (nSPS) is 18.6. The number of rotatable bonds is 5. The van der Waals surface area contributed by atoms with Gasteiger partial charge >= 0.3 is 0 Å². The second kappa shape index (κ2) is 10.2. The molecule has 0 atom stereocenters. The van der Waals surface area contributed by atoms with E-state index in [4.69, 9.17) is 0 Å². The summed E-state index contributed by atoms with van der Waals surface area (Å²) in [5, 5.41) is 14.2. The number of hydrogen-bond acceptors (Lipinski definition) is 5. The van der Waals surface area contributed by atoms with E-state index in [2.05, 4.69) is 20.1 Å². The third kappa shape index (κ3) is 5.90. The maximum absolute atomic E-state index is 12.5. The van der Waals surface area contributed by atoms with E-state index >= 15 is 0 Å². The summed E-state index contributed by atoms with van der Waals surface area (Å²) in [4.78, 5) is 33.7. The Morgan fingerprint density at radius 1 is 1.10 bits per heavy atom. The molecule has 0 aromatic heterocycles. The fraction of sp³-hybridized carbons (Fsp3) is 0.600. The number of hydrogen-bond donors (Lipinski definition) is 1. The summed E-state index contributed by atoms with van der Waals surface area (Å²) in [5.74, 6) is 1.02. The van der Waals surface area contributed by atoms with Gasteiger partial charge in [-0.05, 0) is 24.8 Å². The van der Waals surface area contributed by atoms with Crippen LogP contribution in [0.15, 0.2) is 29.3 Å². The third-order valence-corrected chi connectivity index (χ3v) is 5.52. The van der Waals surface area contributed by atoms with Crippen LogP contribution in [0.5, 0.6) is 0 Å². The molecule has 0 aliphatic carbocycles. The molecular weight excluding hydrogens is 372 g/mol. The predicted octanol–water partition coefficient (Wildman–Crippen LogP) is 1.30. The van der Waals surface area contributed by atoms with Gasteiger partial charge in [-0.25, -0.2) is 0 Å². The number of nitrogens with zero attached hydrogens (tertiary/aromatic N) is 5. The van der Waals surface area contributed by atoms with E-state index in [0.717, 1.165) is 63.6 Å². The number of nitro benzene ring substituents is 1. The van der Waals surface area contributed by atoms with Crippen LogP contribution < -0.4 is 5.32 Å². The second-order valence-electron chi connectivity index (χ2n) is 7.53. The summed E-state index contributed by atoms with van der Waals surface area (Å²) >= 11 is 0. The molecule has 2 aliphatic heterocycles. The molecule has 0 unspecified atom stereocenters. The molecule has 0 saturated carbocycles. The second-order valence-corrected chi connectivity index (χ2v) is 7.53. The maximum atomic E-state index is 12.5. The molecule has 1 N–H and O–H groups in total. The van der Waals surface area contributed by atoms with Gasteiger partial charge in [-0.15, -0.1) is 0 Å². The van der Waals surface area contributed by atoms with Crippen molar-refractivity contribution < 1.29 is 9.72 Å². The summed E-state index contributed by atoms with van der Waals surface area (Å²) in [6, 6.07) is 6.61. The lowest BCUT2D eigenvalue weighted by Crippen LogP contribution is -2.54. The monoisotopic (exact) mass is 402 g/mol. The number of nitrogens with one attached hydrogen (secondary N) is 1. The molecule has 3 rings (SSSR count). The zero-order chi connectivity index (χ0) is 20.6. The van der Waals surface area contributed by atoms with Crippen molar-refractivity contribution in [1.82, 2.24) is 20.0 Å². The average molecular weight is 402 g/mol. The van der Waals surface area contributed by atoms with E-state index in [1.165, 1.54) is 12.5 Å². The molecule has 158 valence electrons. The first kappa shape index (κ1) is 21.0. The number of non-ortho nitro benzene ring substituents is 1. The highest BCUT2D eigenvalue weighted by Gasteiger charge is 2.24. The summed E-state index contributed by atoms with van der Waals surface area (Å²) in [6.45, 7) is 5.98. The first-order valence-corrected chi connectivity index (χ1v) is 10.3. The Morgan fingerprint density at radius 3 is 2.48 bits per heavy atom. The molecule has 1 aromatic rings. The predicted molar refractivity (Wildman–Crippen MR) is 112 cm³/mol. The van der Waals surface area contributed by atoms with E-state index < -0.39 is 0 Å². The average Bonchev–Trinajstić information content (AvgIpc) is 2.76. The molecule has 2 aliphatic rings. The number of aliphatic imine (C=N–C) groups is 1. The largest absolute Gasteiger partial charge is 0.352 e. The van der Waals surface area contributed by atoms with Crippen molar-refractivity contribution in [3.63, 3.8) is 0 Å². The van der Waals surface area contributed by atoms with Crippen LogP contribution in [0.4, 0.5) is 5.69 Å². The molecule has 1 aromatic carbocycles. The number of likely N-dealkylation sites (tertiary alicyclic amines) is 1. The molecule has 29 heavy (non-hydrogen) atoms. The van der Waals surface area contributed by atoms with Gasteiger partial charge in [0.2, 0.25) is 5.91 Å². The van der Waals surface area contributed by atoms with Crippen LogP contribution in [0.2, 0.25) is 0 Å². The molecule has 2 saturated heterocycles. The number of piperidine rings is 1. The van der Waals surface area contributed by atoms with E-state index in [-0.39, 0.29) is 16.5 Å². The van der Waals surface area contributed by atoms with Crippen molar-refractivity contribution in [3.05, 3.63) is 39.9 Å². The van der Waals surface area contributed by atoms with Crippen LogP contribution in [-0.4, -0.2) is 84.4 Å². The van der Waals surface area contributed by atoms with E-state index in [1.807, 2.05) is 11.0 Å². The number of guanidine groups is 1. The molecule has 9 heteroatoms. The Labute approximate surface area is 171 Å². The van der Waals surface area contributed by atoms with Crippen molar-refractivity contribution in [1.29, 1.82) is 0 Å². The zero-order valence-corrected chi connectivity index (χ0v) is 17.0. The minimum atomic E-state index is -0.386. The zero-order valence-electron chi connectivity index (χ0n) is 17.0. The van der Waals surface area contributed by atoms with Gasteiger partial charge in [-0.3, -0.25) is 24.8 Å². The highest BCUT2D eigenvalue weighted by molar-refractivity contribution is 5.80. The van der Waals surface area contributed by atoms with Crippen LogP contribution in [0.25, 0.3) is 0 Å². The van der Waals surface area contributed by atoms with Crippen molar-refractivity contribution in [2.75, 3.05) is 52.9 Å². The number of piperazine rings is 1. The first-order valence-electron chi connectivity index (χ1n) is 10.3. The Kier molecular flexibility index (Phi) is 7.40. The SMILES string of the molecule is CN=C(NCc1cccc([N+](=O)[O-])c1)N1CCN(CC(=O)N2CCCCC2)CC1. The van der Waals surface area contributed by atoms with Gasteiger partial charge in [-0.1, -0.05) is 12.1 Å². The van der Waals surface area contributed by atoms with Crippen LogP contribution in [0.1, 0.15) is 24.8 Å². The van der Waals surface area contributed by atoms with Gasteiger partial charge in [0.1, 0.15) is 0 Å². The highest BCUT2D eigenvalue weighted by Crippen LogP contribution is 2.13. The van der Waals surface area contributed by atoms with Crippen molar-refractivity contribution in [2.45, 2.75) is 25.8 Å². The number of carbonyl (C=O) groups is 1. The van der Waals surface area contributed by atoms with E-state index in [1.54, 1.807) is 19.2 Å². The topological polar surface area (TPSA) is 94.3 Å². The van der Waals surface area contributed by atoms with Gasteiger partial charge in [0.05, 0.1) is 11.5 Å². The fourth-order valence-corrected chi connectivity index (χ4v) is 3.85. The smallest absolute Gasteiger partial charge is 0.269 e. The number of amides is 1. The van der Waals surface area contributed by atoms with Gasteiger partial charge in [-0.2, -0.15) is 0 Å². The Balaban J connectivity index is 1.45. The standard InChI is InChI=1S/C20H30N6O3/c1-21-20(22-15-17-6-5-7-18(14-17)26(28)29)25-12-10-23(11-13-25)16-19(27)24-8-3-2-4-9-24/h5-7,14H,2-4,8-13,15-16H2,1H3,(H,21,22). The Hall–Kier alpha value is -2.68. The lowest BCUT2D eigenvalue weighted by molar-refractivity contribution is -0.384. The lowest BCUT2D eigenvalue weighted by Gasteiger charge is -2.37. The van der Waals surface area contributed by atoms with Gasteiger partial charge in [0, 0.05) is 65.0 Å². The van der Waals surface area contributed by atoms with Crippen LogP contribution in [-0.2, 0) is 11.3 Å². The van der Waals surface area contributed by atoms with Crippen molar-refractivity contribution >= 4 is 17.6 Å². The fourth-order valence-electron chi connectivity index (χ4n) is 3.85. The molecule has 0 bridgehead atoms. The number of carbonyl (C=O) groups excluding carboxylic acids is 1. The van der Waals surface area contributed by atoms with Crippen LogP contribution >= 0.6 is 0 Å². The maximum Gasteiger partial charge on any atom is 0.269 e. The number of benzene rings is 1. The lowest BCUT2D eigenvalue weighted by atomic mass is 10.1. The summed E-state index contributed by atoms with van der Waals surface area (Å²) in [5.41, 5.74) is 0.928. The molecule has 1 amide bonds.